The van der Waals surface area contributed by atoms with Crippen LogP contribution in [0.4, 0.5) is 5.69 Å². The Hall–Kier alpha value is -1.91. The standard InChI is InChI=1S/C16H10BrClN2O/c17-12-7-6-11(18)9-15(12)20-16(21)14-8-5-10-3-1-2-4-13(10)19-14/h1-9H,(H,20,21). The van der Waals surface area contributed by atoms with Crippen LogP contribution in [-0.4, -0.2) is 10.9 Å². The second-order valence-corrected chi connectivity index (χ2v) is 5.76. The molecule has 0 unspecified atom stereocenters. The highest BCUT2D eigenvalue weighted by molar-refractivity contribution is 9.10. The van der Waals surface area contributed by atoms with E-state index in [-0.39, 0.29) is 5.91 Å². The third-order valence-corrected chi connectivity index (χ3v) is 3.93. The summed E-state index contributed by atoms with van der Waals surface area (Å²) in [6.07, 6.45) is 0. The summed E-state index contributed by atoms with van der Waals surface area (Å²) in [6, 6.07) is 16.5. The van der Waals surface area contributed by atoms with Crippen LogP contribution in [0.5, 0.6) is 0 Å². The van der Waals surface area contributed by atoms with Gasteiger partial charge in [0.2, 0.25) is 0 Å². The van der Waals surface area contributed by atoms with Crippen molar-refractivity contribution in [2.75, 3.05) is 5.32 Å². The van der Waals surface area contributed by atoms with Crippen molar-refractivity contribution in [3.63, 3.8) is 0 Å². The summed E-state index contributed by atoms with van der Waals surface area (Å²) >= 11 is 9.31. The number of nitrogens with zero attached hydrogens (tertiary/aromatic N) is 1. The highest BCUT2D eigenvalue weighted by Gasteiger charge is 2.10. The minimum Gasteiger partial charge on any atom is -0.320 e. The highest BCUT2D eigenvalue weighted by Crippen LogP contribution is 2.26. The maximum Gasteiger partial charge on any atom is 0.274 e. The number of anilines is 1. The fourth-order valence-electron chi connectivity index (χ4n) is 1.97. The number of aromatic nitrogens is 1. The van der Waals surface area contributed by atoms with E-state index >= 15 is 0 Å². The first-order valence-corrected chi connectivity index (χ1v) is 7.43. The van der Waals surface area contributed by atoms with Crippen LogP contribution in [0.15, 0.2) is 59.1 Å². The molecule has 3 rings (SSSR count). The molecule has 5 heteroatoms. The van der Waals surface area contributed by atoms with Gasteiger partial charge >= 0.3 is 0 Å². The lowest BCUT2D eigenvalue weighted by Gasteiger charge is -2.08. The van der Waals surface area contributed by atoms with Crippen LogP contribution in [0.1, 0.15) is 10.5 Å². The number of nitrogens with one attached hydrogen (secondary N) is 1. The molecule has 1 heterocycles. The van der Waals surface area contributed by atoms with Crippen LogP contribution in [0, 0.1) is 0 Å². The summed E-state index contributed by atoms with van der Waals surface area (Å²) in [4.78, 5) is 16.6. The number of carbonyl (C=O) groups is 1. The van der Waals surface area contributed by atoms with Gasteiger partial charge in [0, 0.05) is 14.9 Å². The summed E-state index contributed by atoms with van der Waals surface area (Å²) in [5, 5.41) is 4.35. The smallest absolute Gasteiger partial charge is 0.274 e. The van der Waals surface area contributed by atoms with E-state index in [1.165, 1.54) is 0 Å². The third kappa shape index (κ3) is 3.06. The van der Waals surface area contributed by atoms with Gasteiger partial charge in [-0.05, 0) is 46.3 Å². The number of rotatable bonds is 2. The zero-order valence-corrected chi connectivity index (χ0v) is 13.1. The molecule has 2 aromatic carbocycles. The van der Waals surface area contributed by atoms with Crippen LogP contribution >= 0.6 is 27.5 Å². The van der Waals surface area contributed by atoms with Gasteiger partial charge in [-0.2, -0.15) is 0 Å². The minimum atomic E-state index is -0.274. The molecule has 0 aliphatic rings. The molecule has 0 radical (unpaired) electrons. The predicted octanol–water partition coefficient (Wildman–Crippen LogP) is 4.90. The Labute approximate surface area is 135 Å². The molecule has 0 saturated heterocycles. The van der Waals surface area contributed by atoms with Gasteiger partial charge in [-0.25, -0.2) is 4.98 Å². The quantitative estimate of drug-likeness (QED) is 0.705. The van der Waals surface area contributed by atoms with Crippen LogP contribution in [0.3, 0.4) is 0 Å². The normalized spacial score (nSPS) is 10.6. The molecular formula is C16H10BrClN2O. The number of pyridine rings is 1. The van der Waals surface area contributed by atoms with E-state index in [1.807, 2.05) is 30.3 Å². The fourth-order valence-corrected chi connectivity index (χ4v) is 2.49. The average Bonchev–Trinajstić information content (AvgIpc) is 2.50. The fraction of sp³-hybridized carbons (Fsp3) is 0. The van der Waals surface area contributed by atoms with E-state index in [9.17, 15) is 4.79 Å². The molecule has 0 aliphatic carbocycles. The van der Waals surface area contributed by atoms with E-state index in [2.05, 4.69) is 26.2 Å². The van der Waals surface area contributed by atoms with Gasteiger partial charge in [0.15, 0.2) is 0 Å². The lowest BCUT2D eigenvalue weighted by atomic mass is 10.2. The highest BCUT2D eigenvalue weighted by atomic mass is 79.9. The van der Waals surface area contributed by atoms with E-state index in [1.54, 1.807) is 24.3 Å². The van der Waals surface area contributed by atoms with Gasteiger partial charge in [-0.3, -0.25) is 4.79 Å². The summed E-state index contributed by atoms with van der Waals surface area (Å²) in [6.45, 7) is 0. The first-order valence-electron chi connectivity index (χ1n) is 6.26. The monoisotopic (exact) mass is 360 g/mol. The molecule has 0 spiro atoms. The molecule has 0 fully saturated rings. The lowest BCUT2D eigenvalue weighted by Crippen LogP contribution is -2.14. The van der Waals surface area contributed by atoms with E-state index in [0.29, 0.717) is 16.4 Å². The molecule has 0 atom stereocenters. The largest absolute Gasteiger partial charge is 0.320 e. The molecule has 0 saturated carbocycles. The average molecular weight is 362 g/mol. The molecule has 1 aromatic heterocycles. The Morgan fingerprint density at radius 1 is 1.10 bits per heavy atom. The molecule has 3 aromatic rings. The first kappa shape index (κ1) is 14.0. The second kappa shape index (κ2) is 5.84. The van der Waals surface area contributed by atoms with Crippen molar-refractivity contribution >= 4 is 50.0 Å². The zero-order chi connectivity index (χ0) is 14.8. The van der Waals surface area contributed by atoms with Crippen LogP contribution in [-0.2, 0) is 0 Å². The number of fused-ring (bicyclic) bond motifs is 1. The zero-order valence-electron chi connectivity index (χ0n) is 10.8. The number of halogens is 2. The summed E-state index contributed by atoms with van der Waals surface area (Å²) < 4.78 is 0.765. The van der Waals surface area contributed by atoms with Crippen LogP contribution in [0.2, 0.25) is 5.02 Å². The number of para-hydroxylation sites is 1. The van der Waals surface area contributed by atoms with Crippen molar-refractivity contribution in [2.45, 2.75) is 0 Å². The van der Waals surface area contributed by atoms with Crippen LogP contribution in [0.25, 0.3) is 10.9 Å². The van der Waals surface area contributed by atoms with Gasteiger partial charge in [0.05, 0.1) is 11.2 Å². The Morgan fingerprint density at radius 3 is 2.76 bits per heavy atom. The molecular weight excluding hydrogens is 352 g/mol. The van der Waals surface area contributed by atoms with Crippen molar-refractivity contribution in [1.29, 1.82) is 0 Å². The molecule has 104 valence electrons. The number of hydrogen-bond donors (Lipinski definition) is 1. The lowest BCUT2D eigenvalue weighted by molar-refractivity contribution is 0.102. The van der Waals surface area contributed by atoms with Gasteiger partial charge in [-0.15, -0.1) is 0 Å². The predicted molar refractivity (Wildman–Crippen MR) is 88.8 cm³/mol. The Kier molecular flexibility index (Phi) is 3.90. The van der Waals surface area contributed by atoms with E-state index in [0.717, 1.165) is 15.4 Å². The van der Waals surface area contributed by atoms with Crippen LogP contribution < -0.4 is 5.32 Å². The molecule has 1 amide bonds. The van der Waals surface area contributed by atoms with Gasteiger partial charge in [0.1, 0.15) is 5.69 Å². The van der Waals surface area contributed by atoms with Gasteiger partial charge < -0.3 is 5.32 Å². The first-order chi connectivity index (χ1) is 10.1. The van der Waals surface area contributed by atoms with Gasteiger partial charge in [-0.1, -0.05) is 35.9 Å². The summed E-state index contributed by atoms with van der Waals surface area (Å²) in [5.74, 6) is -0.274. The summed E-state index contributed by atoms with van der Waals surface area (Å²) in [5.41, 5.74) is 1.76. The maximum atomic E-state index is 12.3. The maximum absolute atomic E-state index is 12.3. The molecule has 0 bridgehead atoms. The molecule has 0 aliphatic heterocycles. The molecule has 1 N–H and O–H groups in total. The number of carbonyl (C=O) groups excluding carboxylic acids is 1. The van der Waals surface area contributed by atoms with Gasteiger partial charge in [0.25, 0.3) is 5.91 Å². The third-order valence-electron chi connectivity index (χ3n) is 3.01. The summed E-state index contributed by atoms with van der Waals surface area (Å²) in [7, 11) is 0. The van der Waals surface area contributed by atoms with Crippen molar-refractivity contribution in [3.05, 3.63) is 69.8 Å². The Morgan fingerprint density at radius 2 is 1.90 bits per heavy atom. The Bertz CT molecular complexity index is 835. The number of hydrogen-bond acceptors (Lipinski definition) is 2. The van der Waals surface area contributed by atoms with Crippen molar-refractivity contribution in [1.82, 2.24) is 4.98 Å². The SMILES string of the molecule is O=C(Nc1cc(Cl)ccc1Br)c1ccc2ccccc2n1. The Balaban J connectivity index is 1.91. The minimum absolute atomic E-state index is 0.274. The molecule has 3 nitrogen and oxygen atoms in total. The molecule has 21 heavy (non-hydrogen) atoms. The number of benzene rings is 2. The second-order valence-electron chi connectivity index (χ2n) is 4.47. The van der Waals surface area contributed by atoms with E-state index in [4.69, 9.17) is 11.6 Å². The van der Waals surface area contributed by atoms with Crippen molar-refractivity contribution in [3.8, 4) is 0 Å². The van der Waals surface area contributed by atoms with E-state index < -0.39 is 0 Å². The number of amides is 1. The topological polar surface area (TPSA) is 42.0 Å². The van der Waals surface area contributed by atoms with Crippen molar-refractivity contribution in [2.24, 2.45) is 0 Å². The van der Waals surface area contributed by atoms with Crippen molar-refractivity contribution < 1.29 is 4.79 Å².